The molecule has 1 saturated heterocycles. The molecule has 6 nitrogen and oxygen atoms in total. The van der Waals surface area contributed by atoms with Crippen LogP contribution in [0.3, 0.4) is 0 Å². The number of likely N-dealkylation sites (N-methyl/N-ethyl adjacent to an activating group) is 1. The van der Waals surface area contributed by atoms with Crippen LogP contribution in [-0.2, 0) is 21.4 Å². The highest BCUT2D eigenvalue weighted by atomic mass is 16.5. The van der Waals surface area contributed by atoms with Crippen molar-refractivity contribution in [1.82, 2.24) is 9.80 Å². The first-order valence-corrected chi connectivity index (χ1v) is 12.5. The Morgan fingerprint density at radius 2 is 1.77 bits per heavy atom. The molecule has 0 spiro atoms. The molecule has 4 rings (SSSR count). The van der Waals surface area contributed by atoms with E-state index in [4.69, 9.17) is 4.74 Å². The number of hydrogen-bond donors (Lipinski definition) is 1. The van der Waals surface area contributed by atoms with Gasteiger partial charge in [0.1, 0.15) is 11.5 Å². The largest absolute Gasteiger partial charge is 0.507 e. The Morgan fingerprint density at radius 1 is 1.09 bits per heavy atom. The molecule has 0 saturated carbocycles. The molecule has 6 heteroatoms. The van der Waals surface area contributed by atoms with Crippen molar-refractivity contribution in [1.29, 1.82) is 0 Å². The predicted octanol–water partition coefficient (Wildman–Crippen LogP) is 4.68. The molecule has 0 aromatic heterocycles. The summed E-state index contributed by atoms with van der Waals surface area (Å²) in [5.41, 5.74) is 3.65. The van der Waals surface area contributed by atoms with Crippen LogP contribution in [-0.4, -0.2) is 59.4 Å². The van der Waals surface area contributed by atoms with Crippen LogP contribution >= 0.6 is 0 Å². The molecule has 35 heavy (non-hydrogen) atoms. The number of carbonyl (C=O) groups is 2. The topological polar surface area (TPSA) is 70.1 Å². The molecule has 1 unspecified atom stereocenters. The van der Waals surface area contributed by atoms with E-state index in [-0.39, 0.29) is 16.7 Å². The lowest BCUT2D eigenvalue weighted by atomic mass is 9.85. The van der Waals surface area contributed by atoms with E-state index in [1.807, 2.05) is 36.4 Å². The normalized spacial score (nSPS) is 19.4. The lowest BCUT2D eigenvalue weighted by molar-refractivity contribution is -0.140. The van der Waals surface area contributed by atoms with Gasteiger partial charge in [0.05, 0.1) is 18.2 Å². The number of hydrogen-bond acceptors (Lipinski definition) is 5. The zero-order valence-electron chi connectivity index (χ0n) is 21.4. The molecule has 1 fully saturated rings. The molecule has 2 heterocycles. The number of Topliss-reactive ketones (excluding diaryl/α,β-unsaturated/α-hetero) is 1. The van der Waals surface area contributed by atoms with Crippen molar-refractivity contribution in [2.45, 2.75) is 52.5 Å². The summed E-state index contributed by atoms with van der Waals surface area (Å²) in [7, 11) is 0. The maximum atomic E-state index is 13.3. The quantitative estimate of drug-likeness (QED) is 0.357. The van der Waals surface area contributed by atoms with Crippen molar-refractivity contribution in [2.24, 2.45) is 0 Å². The van der Waals surface area contributed by atoms with Gasteiger partial charge in [-0.2, -0.15) is 0 Å². The molecule has 1 atom stereocenters. The van der Waals surface area contributed by atoms with Crippen molar-refractivity contribution in [3.8, 4) is 5.75 Å². The molecule has 0 radical (unpaired) electrons. The van der Waals surface area contributed by atoms with Crippen LogP contribution in [0.25, 0.3) is 5.76 Å². The summed E-state index contributed by atoms with van der Waals surface area (Å²) in [6, 6.07) is 12.9. The second-order valence-corrected chi connectivity index (χ2v) is 10.3. The second kappa shape index (κ2) is 9.86. The third kappa shape index (κ3) is 4.85. The summed E-state index contributed by atoms with van der Waals surface area (Å²) in [5.74, 6) is -0.527. The van der Waals surface area contributed by atoms with Crippen molar-refractivity contribution >= 4 is 17.4 Å². The number of ketones is 1. The molecule has 186 valence electrons. The van der Waals surface area contributed by atoms with E-state index in [2.05, 4.69) is 39.5 Å². The van der Waals surface area contributed by atoms with Gasteiger partial charge in [-0.05, 0) is 53.4 Å². The molecule has 0 aliphatic carbocycles. The first-order valence-electron chi connectivity index (χ1n) is 12.5. The molecule has 1 N–H and O–H groups in total. The number of carbonyl (C=O) groups excluding carboxylic acids is 2. The number of ether oxygens (including phenoxy) is 1. The van der Waals surface area contributed by atoms with Crippen molar-refractivity contribution in [3.63, 3.8) is 0 Å². The monoisotopic (exact) mass is 476 g/mol. The van der Waals surface area contributed by atoms with Gasteiger partial charge in [-0.15, -0.1) is 0 Å². The number of nitrogens with zero attached hydrogens (tertiary/aromatic N) is 2. The van der Waals surface area contributed by atoms with E-state index >= 15 is 0 Å². The summed E-state index contributed by atoms with van der Waals surface area (Å²) in [4.78, 5) is 30.4. The molecule has 2 aliphatic heterocycles. The van der Waals surface area contributed by atoms with Crippen LogP contribution in [0.15, 0.2) is 48.0 Å². The predicted molar refractivity (Wildman–Crippen MR) is 138 cm³/mol. The van der Waals surface area contributed by atoms with Crippen molar-refractivity contribution in [3.05, 3.63) is 70.3 Å². The van der Waals surface area contributed by atoms with Crippen molar-refractivity contribution in [2.75, 3.05) is 32.8 Å². The van der Waals surface area contributed by atoms with Crippen LogP contribution in [0.1, 0.15) is 62.9 Å². The molecule has 1 amide bonds. The number of aliphatic hydroxyl groups excluding tert-OH is 1. The van der Waals surface area contributed by atoms with Gasteiger partial charge in [-0.3, -0.25) is 9.59 Å². The van der Waals surface area contributed by atoms with Crippen LogP contribution < -0.4 is 4.74 Å². The number of benzene rings is 2. The fraction of sp³-hybridized carbons (Fsp3) is 0.448. The zero-order valence-corrected chi connectivity index (χ0v) is 21.4. The molecular formula is C29H36N2O4. The number of amides is 1. The molecule has 0 bridgehead atoms. The van der Waals surface area contributed by atoms with Gasteiger partial charge in [0.15, 0.2) is 0 Å². The SMILES string of the molecule is CCN(CC)CCN1C(=O)C(=O)/C(=C(\O)c2ccc3c(c2)CCO3)C1c1ccc(C(C)(C)C)cc1. The van der Waals surface area contributed by atoms with E-state index in [0.29, 0.717) is 25.3 Å². The highest BCUT2D eigenvalue weighted by Gasteiger charge is 2.46. The minimum atomic E-state index is -0.635. The summed E-state index contributed by atoms with van der Waals surface area (Å²) >= 11 is 0. The van der Waals surface area contributed by atoms with Crippen LogP contribution in [0.5, 0.6) is 5.75 Å². The number of aliphatic hydroxyl groups is 1. The number of fused-ring (bicyclic) bond motifs is 1. The zero-order chi connectivity index (χ0) is 25.3. The Labute approximate surface area is 208 Å². The minimum absolute atomic E-state index is 0.0183. The third-order valence-electron chi connectivity index (χ3n) is 7.15. The van der Waals surface area contributed by atoms with Crippen molar-refractivity contribution < 1.29 is 19.4 Å². The first kappa shape index (κ1) is 25.0. The standard InChI is InChI=1S/C29H36N2O4/c1-6-30(7-2)15-16-31-25(19-8-11-22(12-9-19)29(3,4)5)24(27(33)28(31)34)26(32)21-10-13-23-20(18-21)14-17-35-23/h8-13,18,25,32H,6-7,14-17H2,1-5H3/b26-24-. The van der Waals surface area contributed by atoms with E-state index < -0.39 is 17.7 Å². The Kier molecular flexibility index (Phi) is 7.04. The van der Waals surface area contributed by atoms with Crippen LogP contribution in [0.2, 0.25) is 0 Å². The highest BCUT2D eigenvalue weighted by molar-refractivity contribution is 6.46. The Morgan fingerprint density at radius 3 is 2.40 bits per heavy atom. The smallest absolute Gasteiger partial charge is 0.295 e. The van der Waals surface area contributed by atoms with Gasteiger partial charge in [0.2, 0.25) is 0 Å². The summed E-state index contributed by atoms with van der Waals surface area (Å²) in [6.45, 7) is 14.0. The van der Waals surface area contributed by atoms with Crippen LogP contribution in [0.4, 0.5) is 0 Å². The average molecular weight is 477 g/mol. The maximum absolute atomic E-state index is 13.3. The average Bonchev–Trinajstić information content (AvgIpc) is 3.41. The van der Waals surface area contributed by atoms with E-state index in [9.17, 15) is 14.7 Å². The number of rotatable bonds is 7. The molecule has 2 aromatic rings. The minimum Gasteiger partial charge on any atom is -0.507 e. The van der Waals surface area contributed by atoms with E-state index in [0.717, 1.165) is 36.4 Å². The first-order chi connectivity index (χ1) is 16.7. The third-order valence-corrected chi connectivity index (χ3v) is 7.15. The lowest BCUT2D eigenvalue weighted by Crippen LogP contribution is -2.38. The maximum Gasteiger partial charge on any atom is 0.295 e. The van der Waals surface area contributed by atoms with E-state index in [1.165, 1.54) is 5.56 Å². The lowest BCUT2D eigenvalue weighted by Gasteiger charge is -2.28. The van der Waals surface area contributed by atoms with Gasteiger partial charge in [0, 0.05) is 25.1 Å². The molecule has 2 aromatic carbocycles. The van der Waals surface area contributed by atoms with Gasteiger partial charge < -0.3 is 19.6 Å². The second-order valence-electron chi connectivity index (χ2n) is 10.3. The summed E-state index contributed by atoms with van der Waals surface area (Å²) in [5, 5.41) is 11.4. The van der Waals surface area contributed by atoms with E-state index in [1.54, 1.807) is 11.0 Å². The molecule has 2 aliphatic rings. The highest BCUT2D eigenvalue weighted by Crippen LogP contribution is 2.40. The van der Waals surface area contributed by atoms with Gasteiger partial charge in [-0.25, -0.2) is 0 Å². The summed E-state index contributed by atoms with van der Waals surface area (Å²) in [6.07, 6.45) is 0.756. The Bertz CT molecular complexity index is 1140. The van der Waals surface area contributed by atoms with Gasteiger partial charge in [0.25, 0.3) is 11.7 Å². The fourth-order valence-electron chi connectivity index (χ4n) is 4.90. The number of likely N-dealkylation sites (tertiary alicyclic amines) is 1. The Balaban J connectivity index is 1.79. The summed E-state index contributed by atoms with van der Waals surface area (Å²) < 4.78 is 5.59. The van der Waals surface area contributed by atoms with Gasteiger partial charge in [-0.1, -0.05) is 58.9 Å². The fourth-order valence-corrected chi connectivity index (χ4v) is 4.90. The Hall–Kier alpha value is -3.12. The van der Waals surface area contributed by atoms with Crippen LogP contribution in [0, 0.1) is 0 Å². The van der Waals surface area contributed by atoms with Gasteiger partial charge >= 0.3 is 0 Å². The molecular weight excluding hydrogens is 440 g/mol.